The topological polar surface area (TPSA) is 60.9 Å². The third-order valence-corrected chi connectivity index (χ3v) is 5.55. The summed E-state index contributed by atoms with van der Waals surface area (Å²) in [5.41, 5.74) is 1.32. The average Bonchev–Trinajstić information content (AvgIpc) is 2.86. The molecule has 2 aliphatic heterocycles. The molecule has 0 bridgehead atoms. The van der Waals surface area contributed by atoms with Crippen LogP contribution in [0.15, 0.2) is 18.2 Å². The molecule has 0 aliphatic carbocycles. The number of likely N-dealkylation sites (tertiary alicyclic amines) is 1. The fraction of sp³-hybridized carbons (Fsp3) is 0.556. The number of carbonyl (C=O) groups excluding carboxylic acids is 2. The second-order valence-corrected chi connectivity index (χ2v) is 6.98. The number of hydrogen-bond acceptors (Lipinski definition) is 4. The van der Waals surface area contributed by atoms with E-state index in [4.69, 9.17) is 11.6 Å². The van der Waals surface area contributed by atoms with Gasteiger partial charge in [0, 0.05) is 17.7 Å². The molecule has 2 amide bonds. The molecule has 0 saturated carbocycles. The first-order valence-electron chi connectivity index (χ1n) is 8.53. The summed E-state index contributed by atoms with van der Waals surface area (Å²) in [4.78, 5) is 29.0. The van der Waals surface area contributed by atoms with Gasteiger partial charge >= 0.3 is 0 Å². The van der Waals surface area contributed by atoms with Crippen molar-refractivity contribution in [1.82, 2.24) is 4.90 Å². The monoisotopic (exact) mass is 350 g/mol. The lowest BCUT2D eigenvalue weighted by Gasteiger charge is -2.38. The van der Waals surface area contributed by atoms with E-state index in [0.29, 0.717) is 17.1 Å². The lowest BCUT2D eigenvalue weighted by Crippen LogP contribution is -2.50. The van der Waals surface area contributed by atoms with E-state index in [1.54, 1.807) is 18.2 Å². The van der Waals surface area contributed by atoms with Gasteiger partial charge in [-0.15, -0.1) is 0 Å². The Morgan fingerprint density at radius 1 is 1.29 bits per heavy atom. The molecule has 1 N–H and O–H groups in total. The Hall–Kier alpha value is -1.43. The molecule has 1 aromatic carbocycles. The Morgan fingerprint density at radius 2 is 2.08 bits per heavy atom. The maximum atomic E-state index is 13.0. The van der Waals surface area contributed by atoms with E-state index in [0.717, 1.165) is 31.4 Å². The van der Waals surface area contributed by atoms with Crippen molar-refractivity contribution >= 4 is 29.1 Å². The van der Waals surface area contributed by atoms with Gasteiger partial charge in [-0.2, -0.15) is 0 Å². The number of nitrogens with zero attached hydrogens (tertiary/aromatic N) is 2. The smallest absolute Gasteiger partial charge is 0.251 e. The van der Waals surface area contributed by atoms with Crippen LogP contribution in [-0.4, -0.2) is 47.1 Å². The van der Waals surface area contributed by atoms with Gasteiger partial charge in [-0.3, -0.25) is 14.5 Å². The molecule has 6 heteroatoms. The molecule has 3 rings (SSSR count). The molecule has 24 heavy (non-hydrogen) atoms. The van der Waals surface area contributed by atoms with Gasteiger partial charge in [-0.05, 0) is 50.4 Å². The summed E-state index contributed by atoms with van der Waals surface area (Å²) >= 11 is 6.15. The van der Waals surface area contributed by atoms with Gasteiger partial charge in [0.05, 0.1) is 18.2 Å². The molecule has 2 fully saturated rings. The fourth-order valence-corrected chi connectivity index (χ4v) is 4.03. The number of halogens is 1. The highest BCUT2D eigenvalue weighted by Gasteiger charge is 2.45. The van der Waals surface area contributed by atoms with Crippen molar-refractivity contribution in [1.29, 1.82) is 0 Å². The summed E-state index contributed by atoms with van der Waals surface area (Å²) in [6.07, 6.45) is 3.94. The van der Waals surface area contributed by atoms with Crippen LogP contribution in [0.1, 0.15) is 37.7 Å². The van der Waals surface area contributed by atoms with Gasteiger partial charge in [0.15, 0.2) is 0 Å². The van der Waals surface area contributed by atoms with Crippen LogP contribution in [0.5, 0.6) is 0 Å². The summed E-state index contributed by atoms with van der Waals surface area (Å²) < 4.78 is 0. The van der Waals surface area contributed by atoms with Crippen LogP contribution < -0.4 is 4.90 Å². The molecule has 130 valence electrons. The van der Waals surface area contributed by atoms with Gasteiger partial charge in [0.2, 0.25) is 5.91 Å². The lowest BCUT2D eigenvalue weighted by molar-refractivity contribution is -0.124. The van der Waals surface area contributed by atoms with Crippen LogP contribution in [0.25, 0.3) is 0 Å². The number of amides is 2. The van der Waals surface area contributed by atoms with E-state index in [2.05, 4.69) is 4.90 Å². The van der Waals surface area contributed by atoms with Gasteiger partial charge in [-0.25, -0.2) is 4.90 Å². The number of rotatable bonds is 4. The SMILES string of the molecule is Cc1c(Cl)cccc1N1C(=O)C[C@H](N2CCCC[C@@H]2CCO)C1=O. The number of aliphatic hydroxyl groups excluding tert-OH is 1. The zero-order chi connectivity index (χ0) is 17.3. The second kappa shape index (κ2) is 7.21. The zero-order valence-electron chi connectivity index (χ0n) is 13.9. The van der Waals surface area contributed by atoms with E-state index in [1.807, 2.05) is 6.92 Å². The Balaban J connectivity index is 1.87. The highest BCUT2D eigenvalue weighted by atomic mass is 35.5. The maximum Gasteiger partial charge on any atom is 0.251 e. The lowest BCUT2D eigenvalue weighted by atomic mass is 9.97. The summed E-state index contributed by atoms with van der Waals surface area (Å²) in [6.45, 7) is 2.73. The van der Waals surface area contributed by atoms with Gasteiger partial charge in [-0.1, -0.05) is 24.1 Å². The Bertz CT molecular complexity index is 647. The molecule has 0 unspecified atom stereocenters. The van der Waals surface area contributed by atoms with Crippen LogP contribution in [-0.2, 0) is 9.59 Å². The van der Waals surface area contributed by atoms with E-state index in [1.165, 1.54) is 4.90 Å². The van der Waals surface area contributed by atoms with Crippen molar-refractivity contribution in [2.24, 2.45) is 0 Å². The number of benzene rings is 1. The molecular formula is C18H23ClN2O3. The maximum absolute atomic E-state index is 13.0. The minimum Gasteiger partial charge on any atom is -0.396 e. The van der Waals surface area contributed by atoms with Crippen LogP contribution >= 0.6 is 11.6 Å². The van der Waals surface area contributed by atoms with Crippen molar-refractivity contribution in [3.05, 3.63) is 28.8 Å². The molecule has 2 heterocycles. The minimum atomic E-state index is -0.423. The summed E-state index contributed by atoms with van der Waals surface area (Å²) in [7, 11) is 0. The molecule has 2 atom stereocenters. The quantitative estimate of drug-likeness (QED) is 0.848. The summed E-state index contributed by atoms with van der Waals surface area (Å²) in [5, 5.41) is 9.84. The number of hydrogen-bond donors (Lipinski definition) is 1. The largest absolute Gasteiger partial charge is 0.396 e. The zero-order valence-corrected chi connectivity index (χ0v) is 14.6. The highest BCUT2D eigenvalue weighted by molar-refractivity contribution is 6.32. The molecule has 2 saturated heterocycles. The molecular weight excluding hydrogens is 328 g/mol. The number of imide groups is 1. The van der Waals surface area contributed by atoms with Crippen molar-refractivity contribution in [2.45, 2.75) is 51.1 Å². The Morgan fingerprint density at radius 3 is 2.83 bits per heavy atom. The van der Waals surface area contributed by atoms with E-state index >= 15 is 0 Å². The molecule has 0 aromatic heterocycles. The first-order chi connectivity index (χ1) is 11.5. The number of anilines is 1. The van der Waals surface area contributed by atoms with Crippen molar-refractivity contribution in [3.8, 4) is 0 Å². The van der Waals surface area contributed by atoms with Crippen molar-refractivity contribution < 1.29 is 14.7 Å². The summed E-state index contributed by atoms with van der Waals surface area (Å²) in [5.74, 6) is -0.348. The summed E-state index contributed by atoms with van der Waals surface area (Å²) in [6, 6.07) is 5.03. The normalized spacial score (nSPS) is 25.5. The second-order valence-electron chi connectivity index (χ2n) is 6.57. The van der Waals surface area contributed by atoms with E-state index in [9.17, 15) is 14.7 Å². The van der Waals surface area contributed by atoms with Crippen LogP contribution in [0.2, 0.25) is 5.02 Å². The third kappa shape index (κ3) is 3.08. The predicted octanol–water partition coefficient (Wildman–Crippen LogP) is 2.52. The first-order valence-corrected chi connectivity index (χ1v) is 8.91. The minimum absolute atomic E-state index is 0.104. The molecule has 1 aromatic rings. The number of aliphatic hydroxyl groups is 1. The number of carbonyl (C=O) groups is 2. The van der Waals surface area contributed by atoms with Crippen LogP contribution in [0.3, 0.4) is 0 Å². The first kappa shape index (κ1) is 17.4. The third-order valence-electron chi connectivity index (χ3n) is 5.14. The van der Waals surface area contributed by atoms with E-state index in [-0.39, 0.29) is 30.9 Å². The molecule has 0 radical (unpaired) electrons. The Kier molecular flexibility index (Phi) is 5.23. The van der Waals surface area contributed by atoms with Gasteiger partial charge in [0.1, 0.15) is 0 Å². The van der Waals surface area contributed by atoms with Gasteiger partial charge < -0.3 is 5.11 Å². The van der Waals surface area contributed by atoms with E-state index < -0.39 is 6.04 Å². The van der Waals surface area contributed by atoms with Crippen LogP contribution in [0.4, 0.5) is 5.69 Å². The fourth-order valence-electron chi connectivity index (χ4n) is 3.86. The molecule has 2 aliphatic rings. The predicted molar refractivity (Wildman–Crippen MR) is 93.1 cm³/mol. The van der Waals surface area contributed by atoms with Gasteiger partial charge in [0.25, 0.3) is 5.91 Å². The molecule has 0 spiro atoms. The highest BCUT2D eigenvalue weighted by Crippen LogP contribution is 2.34. The van der Waals surface area contributed by atoms with Crippen molar-refractivity contribution in [3.63, 3.8) is 0 Å². The standard InChI is InChI=1S/C18H23ClN2O3/c1-12-14(19)6-4-7-15(12)21-17(23)11-16(18(21)24)20-9-3-2-5-13(20)8-10-22/h4,6-7,13,16,22H,2-3,5,8-11H2,1H3/t13-,16+/m1/s1. The van der Waals surface area contributed by atoms with Crippen LogP contribution in [0, 0.1) is 6.92 Å². The Labute approximate surface area is 147 Å². The molecule has 5 nitrogen and oxygen atoms in total. The average molecular weight is 351 g/mol. The van der Waals surface area contributed by atoms with Crippen molar-refractivity contribution in [2.75, 3.05) is 18.1 Å². The number of piperidine rings is 1.